The Bertz CT molecular complexity index is 1060. The van der Waals surface area contributed by atoms with Crippen molar-refractivity contribution < 1.29 is 27.2 Å². The Hall–Kier alpha value is -2.56. The molecule has 9 nitrogen and oxygen atoms in total. The van der Waals surface area contributed by atoms with Crippen LogP contribution in [-0.2, 0) is 14.8 Å². The molecule has 2 aliphatic rings. The van der Waals surface area contributed by atoms with Crippen molar-refractivity contribution in [3.05, 3.63) is 41.3 Å². The highest BCUT2D eigenvalue weighted by Gasteiger charge is 2.34. The largest absolute Gasteiger partial charge is 0.479 e. The third-order valence-corrected chi connectivity index (χ3v) is 7.20. The van der Waals surface area contributed by atoms with Gasteiger partial charge >= 0.3 is 0 Å². The molecular weight excluding hydrogens is 422 g/mol. The highest BCUT2D eigenvalue weighted by molar-refractivity contribution is 7.89. The first kappa shape index (κ1) is 19.7. The van der Waals surface area contributed by atoms with E-state index in [2.05, 4.69) is 5.32 Å². The van der Waals surface area contributed by atoms with Gasteiger partial charge in [0.2, 0.25) is 10.0 Å². The highest BCUT2D eigenvalue weighted by Crippen LogP contribution is 2.38. The van der Waals surface area contributed by atoms with E-state index in [1.165, 1.54) is 22.7 Å². The van der Waals surface area contributed by atoms with Crippen molar-refractivity contribution in [2.24, 2.45) is 0 Å². The minimum absolute atomic E-state index is 0.0173. The first-order valence-electron chi connectivity index (χ1n) is 8.91. The average molecular weight is 440 g/mol. The third-order valence-electron chi connectivity index (χ3n) is 4.84. The van der Waals surface area contributed by atoms with Gasteiger partial charge in [-0.15, -0.1) is 0 Å². The normalized spacial score (nSPS) is 20.0. The number of amides is 2. The Morgan fingerprint density at radius 2 is 1.97 bits per heavy atom. The number of hydrogen-bond donors (Lipinski definition) is 1. The maximum Gasteiger partial charge on any atom is 0.289 e. The van der Waals surface area contributed by atoms with Gasteiger partial charge in [-0.3, -0.25) is 9.59 Å². The molecule has 2 aliphatic heterocycles. The molecule has 1 fully saturated rings. The molecule has 0 bridgehead atoms. The Morgan fingerprint density at radius 1 is 1.24 bits per heavy atom. The second-order valence-corrected chi connectivity index (χ2v) is 9.02. The second-order valence-electron chi connectivity index (χ2n) is 6.70. The number of hydrogen-bond acceptors (Lipinski definition) is 6. The molecule has 1 aromatic carbocycles. The van der Waals surface area contributed by atoms with E-state index in [-0.39, 0.29) is 59.4 Å². The highest BCUT2D eigenvalue weighted by atomic mass is 35.5. The van der Waals surface area contributed by atoms with Gasteiger partial charge in [-0.05, 0) is 25.1 Å². The van der Waals surface area contributed by atoms with Gasteiger partial charge in [0.15, 0.2) is 11.9 Å². The summed E-state index contributed by atoms with van der Waals surface area (Å²) in [6, 6.07) is 5.88. The number of ether oxygens (including phenoxy) is 1. The molecule has 0 aliphatic carbocycles. The summed E-state index contributed by atoms with van der Waals surface area (Å²) in [6.45, 7) is 2.26. The van der Waals surface area contributed by atoms with E-state index in [4.69, 9.17) is 20.8 Å². The predicted molar refractivity (Wildman–Crippen MR) is 104 cm³/mol. The van der Waals surface area contributed by atoms with Crippen molar-refractivity contribution in [2.45, 2.75) is 17.9 Å². The van der Waals surface area contributed by atoms with Crippen LogP contribution in [0.4, 0.5) is 5.69 Å². The van der Waals surface area contributed by atoms with Gasteiger partial charge in [0.1, 0.15) is 10.6 Å². The molecule has 3 heterocycles. The van der Waals surface area contributed by atoms with Crippen molar-refractivity contribution in [1.82, 2.24) is 9.21 Å². The average Bonchev–Trinajstić information content (AvgIpc) is 3.23. The summed E-state index contributed by atoms with van der Waals surface area (Å²) >= 11 is 6.21. The number of nitrogens with one attached hydrogen (secondary N) is 1. The van der Waals surface area contributed by atoms with Crippen molar-refractivity contribution in [3.63, 3.8) is 0 Å². The minimum atomic E-state index is -3.91. The van der Waals surface area contributed by atoms with Crippen molar-refractivity contribution in [2.75, 3.05) is 31.5 Å². The quantitative estimate of drug-likeness (QED) is 0.781. The summed E-state index contributed by atoms with van der Waals surface area (Å²) in [5, 5.41) is 2.61. The van der Waals surface area contributed by atoms with E-state index in [0.29, 0.717) is 5.69 Å². The number of fused-ring (bicyclic) bond motifs is 1. The van der Waals surface area contributed by atoms with E-state index >= 15 is 0 Å². The Labute approximate surface area is 172 Å². The number of halogens is 1. The van der Waals surface area contributed by atoms with Crippen LogP contribution in [0.2, 0.25) is 5.02 Å². The maximum absolute atomic E-state index is 13.1. The van der Waals surface area contributed by atoms with Crippen LogP contribution in [0.15, 0.2) is 39.8 Å². The maximum atomic E-state index is 13.1. The lowest BCUT2D eigenvalue weighted by atomic mass is 10.2. The van der Waals surface area contributed by atoms with Crippen molar-refractivity contribution in [3.8, 4) is 5.75 Å². The molecule has 4 rings (SSSR count). The molecule has 1 aromatic heterocycles. The Balaban J connectivity index is 1.53. The first-order chi connectivity index (χ1) is 13.8. The Kier molecular flexibility index (Phi) is 5.01. The van der Waals surface area contributed by atoms with E-state index in [1.807, 2.05) is 0 Å². The fraction of sp³-hybridized carbons (Fsp3) is 0.333. The van der Waals surface area contributed by atoms with Crippen LogP contribution in [-0.4, -0.2) is 61.7 Å². The smallest absolute Gasteiger partial charge is 0.289 e. The molecule has 1 saturated heterocycles. The topological polar surface area (TPSA) is 109 Å². The molecular formula is C18H18ClN3O6S. The van der Waals surface area contributed by atoms with Gasteiger partial charge in [-0.25, -0.2) is 8.42 Å². The standard InChI is InChI=1S/C18H18ClN3O6S/c1-11-17(23)20-13-9-12(19)16(10-15(13)28-11)29(25,26)22-6-4-21(5-7-22)18(24)14-3-2-8-27-14/h2-3,8-11H,4-7H2,1H3,(H,20,23). The molecule has 0 spiro atoms. The van der Waals surface area contributed by atoms with Crippen LogP contribution in [0.5, 0.6) is 5.75 Å². The van der Waals surface area contributed by atoms with E-state index in [9.17, 15) is 18.0 Å². The molecule has 11 heteroatoms. The number of anilines is 1. The van der Waals surface area contributed by atoms with Crippen molar-refractivity contribution in [1.29, 1.82) is 0 Å². The molecule has 1 atom stereocenters. The molecule has 2 amide bonds. The number of nitrogens with zero attached hydrogens (tertiary/aromatic N) is 2. The number of furan rings is 1. The number of carbonyl (C=O) groups excluding carboxylic acids is 2. The van der Waals surface area contributed by atoms with Gasteiger partial charge in [-0.2, -0.15) is 4.31 Å². The predicted octanol–water partition coefficient (Wildman–Crippen LogP) is 1.80. The lowest BCUT2D eigenvalue weighted by Gasteiger charge is -2.34. The van der Waals surface area contributed by atoms with Crippen LogP contribution in [0.25, 0.3) is 0 Å². The summed E-state index contributed by atoms with van der Waals surface area (Å²) in [7, 11) is -3.91. The number of rotatable bonds is 3. The number of sulfonamides is 1. The summed E-state index contributed by atoms with van der Waals surface area (Å²) in [6.07, 6.45) is 0.674. The zero-order chi connectivity index (χ0) is 20.8. The summed E-state index contributed by atoms with van der Waals surface area (Å²) in [5.74, 6) is -0.155. The van der Waals surface area contributed by atoms with Crippen LogP contribution < -0.4 is 10.1 Å². The van der Waals surface area contributed by atoms with Crippen LogP contribution >= 0.6 is 11.6 Å². The van der Waals surface area contributed by atoms with Gasteiger partial charge in [0.25, 0.3) is 11.8 Å². The van der Waals surface area contributed by atoms with E-state index in [0.717, 1.165) is 0 Å². The summed E-state index contributed by atoms with van der Waals surface area (Å²) < 4.78 is 38.1. The number of carbonyl (C=O) groups is 2. The molecule has 1 N–H and O–H groups in total. The molecule has 1 unspecified atom stereocenters. The van der Waals surface area contributed by atoms with Crippen LogP contribution in [0.1, 0.15) is 17.5 Å². The molecule has 0 radical (unpaired) electrons. The summed E-state index contributed by atoms with van der Waals surface area (Å²) in [4.78, 5) is 25.5. The fourth-order valence-corrected chi connectivity index (χ4v) is 5.17. The van der Waals surface area contributed by atoms with Crippen LogP contribution in [0, 0.1) is 0 Å². The fourth-order valence-electron chi connectivity index (χ4n) is 3.23. The Morgan fingerprint density at radius 3 is 2.62 bits per heavy atom. The zero-order valence-electron chi connectivity index (χ0n) is 15.4. The number of benzene rings is 1. The molecule has 154 valence electrons. The van der Waals surface area contributed by atoms with E-state index in [1.54, 1.807) is 24.0 Å². The first-order valence-corrected chi connectivity index (χ1v) is 10.7. The van der Waals surface area contributed by atoms with Crippen LogP contribution in [0.3, 0.4) is 0 Å². The zero-order valence-corrected chi connectivity index (χ0v) is 17.0. The third kappa shape index (κ3) is 3.59. The summed E-state index contributed by atoms with van der Waals surface area (Å²) in [5.41, 5.74) is 0.325. The van der Waals surface area contributed by atoms with Gasteiger partial charge in [0.05, 0.1) is 17.0 Å². The SMILES string of the molecule is CC1Oc2cc(S(=O)(=O)N3CCN(C(=O)c4ccco4)CC3)c(Cl)cc2NC1=O. The molecule has 2 aromatic rings. The van der Waals surface area contributed by atoms with Gasteiger partial charge in [-0.1, -0.05) is 11.6 Å². The van der Waals surface area contributed by atoms with Crippen molar-refractivity contribution >= 4 is 39.1 Å². The molecule has 29 heavy (non-hydrogen) atoms. The second kappa shape index (κ2) is 7.36. The lowest BCUT2D eigenvalue weighted by Crippen LogP contribution is -2.50. The molecule has 0 saturated carbocycles. The monoisotopic (exact) mass is 439 g/mol. The van der Waals surface area contributed by atoms with Gasteiger partial charge < -0.3 is 19.4 Å². The number of piperazine rings is 1. The van der Waals surface area contributed by atoms with Gasteiger partial charge in [0, 0.05) is 32.2 Å². The van der Waals surface area contributed by atoms with E-state index < -0.39 is 16.1 Å². The minimum Gasteiger partial charge on any atom is -0.479 e. The lowest BCUT2D eigenvalue weighted by molar-refractivity contribution is -0.122.